The van der Waals surface area contributed by atoms with Gasteiger partial charge in [0.15, 0.2) is 0 Å². The van der Waals surface area contributed by atoms with E-state index < -0.39 is 0 Å². The molecule has 1 saturated heterocycles. The Kier molecular flexibility index (Phi) is 5.65. The van der Waals surface area contributed by atoms with Gasteiger partial charge in [0.2, 0.25) is 0 Å². The number of aliphatic hydroxyl groups is 1. The highest BCUT2D eigenvalue weighted by Gasteiger charge is 2.21. The maximum atomic E-state index is 9.27. The number of morpholine rings is 1. The summed E-state index contributed by atoms with van der Waals surface area (Å²) < 4.78 is 5.38. The average molecular weight is 249 g/mol. The summed E-state index contributed by atoms with van der Waals surface area (Å²) in [5.74, 6) is 0. The van der Waals surface area contributed by atoms with Gasteiger partial charge in [-0.3, -0.25) is 4.90 Å². The third kappa shape index (κ3) is 4.09. The SMILES string of the molecule is OCC1COCCN1CCCCc1ccccc1. The molecule has 0 aromatic heterocycles. The van der Waals surface area contributed by atoms with Gasteiger partial charge in [-0.05, 0) is 31.4 Å². The van der Waals surface area contributed by atoms with E-state index in [1.807, 2.05) is 0 Å². The first-order valence-corrected chi connectivity index (χ1v) is 6.86. The molecule has 1 N–H and O–H groups in total. The molecule has 0 spiro atoms. The third-order valence-electron chi connectivity index (χ3n) is 3.56. The Hall–Kier alpha value is -0.900. The van der Waals surface area contributed by atoms with Gasteiger partial charge in [-0.15, -0.1) is 0 Å². The monoisotopic (exact) mass is 249 g/mol. The lowest BCUT2D eigenvalue weighted by Gasteiger charge is -2.34. The fourth-order valence-electron chi connectivity index (χ4n) is 2.44. The Morgan fingerprint density at radius 3 is 2.83 bits per heavy atom. The molecule has 1 fully saturated rings. The van der Waals surface area contributed by atoms with Gasteiger partial charge in [-0.2, -0.15) is 0 Å². The van der Waals surface area contributed by atoms with Crippen LogP contribution >= 0.6 is 0 Å². The minimum atomic E-state index is 0.204. The molecule has 100 valence electrons. The van der Waals surface area contributed by atoms with Gasteiger partial charge in [-0.25, -0.2) is 0 Å². The molecule has 3 heteroatoms. The second-order valence-electron chi connectivity index (χ2n) is 4.89. The maximum Gasteiger partial charge on any atom is 0.0644 e. The van der Waals surface area contributed by atoms with Crippen LogP contribution in [0.4, 0.5) is 0 Å². The lowest BCUT2D eigenvalue weighted by atomic mass is 10.1. The number of unbranched alkanes of at least 4 members (excludes halogenated alkanes) is 1. The molecule has 2 rings (SSSR count). The molecule has 3 nitrogen and oxygen atoms in total. The predicted molar refractivity (Wildman–Crippen MR) is 72.6 cm³/mol. The first kappa shape index (κ1) is 13.5. The summed E-state index contributed by atoms with van der Waals surface area (Å²) in [6.07, 6.45) is 3.54. The summed E-state index contributed by atoms with van der Waals surface area (Å²) in [5.41, 5.74) is 1.41. The van der Waals surface area contributed by atoms with Crippen LogP contribution in [0.1, 0.15) is 18.4 Å². The Balaban J connectivity index is 1.65. The number of rotatable bonds is 6. The summed E-state index contributed by atoms with van der Waals surface area (Å²) in [6.45, 7) is 3.71. The van der Waals surface area contributed by atoms with Gasteiger partial charge in [0, 0.05) is 6.54 Å². The van der Waals surface area contributed by atoms with E-state index in [0.717, 1.165) is 26.1 Å². The summed E-state index contributed by atoms with van der Waals surface area (Å²) in [5, 5.41) is 9.27. The molecule has 1 aromatic carbocycles. The number of hydrogen-bond acceptors (Lipinski definition) is 3. The zero-order valence-electron chi connectivity index (χ0n) is 10.9. The summed E-state index contributed by atoms with van der Waals surface area (Å²) in [7, 11) is 0. The van der Waals surface area contributed by atoms with Crippen molar-refractivity contribution < 1.29 is 9.84 Å². The van der Waals surface area contributed by atoms with Crippen LogP contribution in [-0.4, -0.2) is 49.0 Å². The zero-order valence-corrected chi connectivity index (χ0v) is 10.9. The van der Waals surface area contributed by atoms with Crippen LogP contribution in [0.15, 0.2) is 30.3 Å². The van der Waals surface area contributed by atoms with Crippen LogP contribution in [0.25, 0.3) is 0 Å². The molecule has 1 aliphatic heterocycles. The Morgan fingerprint density at radius 2 is 2.06 bits per heavy atom. The molecule has 0 amide bonds. The van der Waals surface area contributed by atoms with Crippen molar-refractivity contribution in [2.75, 3.05) is 32.9 Å². The molecule has 0 saturated carbocycles. The minimum Gasteiger partial charge on any atom is -0.395 e. The number of ether oxygens (including phenoxy) is 1. The van der Waals surface area contributed by atoms with E-state index in [-0.39, 0.29) is 12.6 Å². The first-order chi connectivity index (χ1) is 8.90. The highest BCUT2D eigenvalue weighted by molar-refractivity contribution is 5.14. The van der Waals surface area contributed by atoms with E-state index in [4.69, 9.17) is 4.74 Å². The molecule has 1 unspecified atom stereocenters. The van der Waals surface area contributed by atoms with Crippen molar-refractivity contribution in [3.63, 3.8) is 0 Å². The van der Waals surface area contributed by atoms with E-state index in [9.17, 15) is 5.11 Å². The molecular weight excluding hydrogens is 226 g/mol. The van der Waals surface area contributed by atoms with Crippen LogP contribution in [0.2, 0.25) is 0 Å². The number of benzene rings is 1. The van der Waals surface area contributed by atoms with E-state index in [1.54, 1.807) is 0 Å². The lowest BCUT2D eigenvalue weighted by molar-refractivity contribution is -0.0277. The van der Waals surface area contributed by atoms with E-state index in [0.29, 0.717) is 6.61 Å². The molecular formula is C15H23NO2. The molecule has 1 heterocycles. The highest BCUT2D eigenvalue weighted by Crippen LogP contribution is 2.10. The van der Waals surface area contributed by atoms with Crippen molar-refractivity contribution >= 4 is 0 Å². The molecule has 18 heavy (non-hydrogen) atoms. The van der Waals surface area contributed by atoms with Crippen LogP contribution in [-0.2, 0) is 11.2 Å². The fraction of sp³-hybridized carbons (Fsp3) is 0.600. The number of hydrogen-bond donors (Lipinski definition) is 1. The molecule has 0 bridgehead atoms. The van der Waals surface area contributed by atoms with Crippen molar-refractivity contribution in [3.8, 4) is 0 Å². The standard InChI is InChI=1S/C15H23NO2/c17-12-15-13-18-11-10-16(15)9-5-4-8-14-6-2-1-3-7-14/h1-3,6-7,15,17H,4-5,8-13H2. The van der Waals surface area contributed by atoms with Crippen LogP contribution < -0.4 is 0 Å². The molecule has 1 atom stereocenters. The number of aliphatic hydroxyl groups excluding tert-OH is 1. The van der Waals surface area contributed by atoms with Gasteiger partial charge in [0.05, 0.1) is 25.9 Å². The first-order valence-electron chi connectivity index (χ1n) is 6.86. The maximum absolute atomic E-state index is 9.27. The van der Waals surface area contributed by atoms with Crippen LogP contribution in [0.5, 0.6) is 0 Å². The van der Waals surface area contributed by atoms with Crippen LogP contribution in [0.3, 0.4) is 0 Å². The topological polar surface area (TPSA) is 32.7 Å². The van der Waals surface area contributed by atoms with Gasteiger partial charge in [0.1, 0.15) is 0 Å². The smallest absolute Gasteiger partial charge is 0.0644 e. The summed E-state index contributed by atoms with van der Waals surface area (Å²) in [6, 6.07) is 10.8. The Labute approximate surface area is 109 Å². The van der Waals surface area contributed by atoms with Crippen LogP contribution in [0, 0.1) is 0 Å². The molecule has 0 radical (unpaired) electrons. The Bertz CT molecular complexity index is 329. The van der Waals surface area contributed by atoms with E-state index >= 15 is 0 Å². The molecule has 1 aromatic rings. The van der Waals surface area contributed by atoms with E-state index in [1.165, 1.54) is 18.4 Å². The minimum absolute atomic E-state index is 0.204. The normalized spacial score (nSPS) is 21.1. The van der Waals surface area contributed by atoms with Crippen molar-refractivity contribution in [1.82, 2.24) is 4.90 Å². The van der Waals surface area contributed by atoms with Gasteiger partial charge < -0.3 is 9.84 Å². The zero-order chi connectivity index (χ0) is 12.6. The van der Waals surface area contributed by atoms with Gasteiger partial charge >= 0.3 is 0 Å². The van der Waals surface area contributed by atoms with Gasteiger partial charge in [0.25, 0.3) is 0 Å². The predicted octanol–water partition coefficient (Wildman–Crippen LogP) is 1.70. The van der Waals surface area contributed by atoms with Crippen molar-refractivity contribution in [2.24, 2.45) is 0 Å². The highest BCUT2D eigenvalue weighted by atomic mass is 16.5. The fourth-order valence-corrected chi connectivity index (χ4v) is 2.44. The Morgan fingerprint density at radius 1 is 1.22 bits per heavy atom. The van der Waals surface area contributed by atoms with Crippen molar-refractivity contribution in [2.45, 2.75) is 25.3 Å². The van der Waals surface area contributed by atoms with Gasteiger partial charge in [-0.1, -0.05) is 30.3 Å². The quantitative estimate of drug-likeness (QED) is 0.779. The summed E-state index contributed by atoms with van der Waals surface area (Å²) >= 11 is 0. The van der Waals surface area contributed by atoms with Crippen molar-refractivity contribution in [1.29, 1.82) is 0 Å². The average Bonchev–Trinajstić information content (AvgIpc) is 2.45. The largest absolute Gasteiger partial charge is 0.395 e. The second kappa shape index (κ2) is 7.52. The second-order valence-corrected chi connectivity index (χ2v) is 4.89. The molecule has 1 aliphatic rings. The summed E-state index contributed by atoms with van der Waals surface area (Å²) in [4.78, 5) is 2.36. The third-order valence-corrected chi connectivity index (χ3v) is 3.56. The van der Waals surface area contributed by atoms with Crippen molar-refractivity contribution in [3.05, 3.63) is 35.9 Å². The van der Waals surface area contributed by atoms with E-state index in [2.05, 4.69) is 35.2 Å². The lowest BCUT2D eigenvalue weighted by Crippen LogP contribution is -2.47. The molecule has 0 aliphatic carbocycles. The number of nitrogens with zero attached hydrogens (tertiary/aromatic N) is 1. The number of aryl methyl sites for hydroxylation is 1.